The van der Waals surface area contributed by atoms with Crippen LogP contribution in [0.5, 0.6) is 0 Å². The number of anilines is 1. The smallest absolute Gasteiger partial charge is 0.295 e. The number of aromatic nitrogens is 1. The lowest BCUT2D eigenvalue weighted by atomic mass is 10.0. The molecule has 0 N–H and O–H groups in total. The number of sulfone groups is 1. The van der Waals surface area contributed by atoms with E-state index in [0.29, 0.717) is 5.82 Å². The first-order valence-corrected chi connectivity index (χ1v) is 13.0. The number of hydrogen-bond donors (Lipinski definition) is 0. The van der Waals surface area contributed by atoms with Crippen LogP contribution in [0.3, 0.4) is 0 Å². The van der Waals surface area contributed by atoms with Crippen molar-refractivity contribution in [3.8, 4) is 0 Å². The average molecular weight is 547 g/mol. The van der Waals surface area contributed by atoms with E-state index in [9.17, 15) is 13.2 Å². The summed E-state index contributed by atoms with van der Waals surface area (Å²) in [4.78, 5) is 19.5. The van der Waals surface area contributed by atoms with Crippen LogP contribution in [0, 0.1) is 0 Å². The molecule has 0 atom stereocenters. The van der Waals surface area contributed by atoms with Crippen LogP contribution < -0.4 is 4.90 Å². The van der Waals surface area contributed by atoms with Crippen molar-refractivity contribution in [1.29, 1.82) is 0 Å². The SMILES string of the molecule is O=C(c1ccc(S(=O)(=O)c2ccc(Br)cc2)o1)N(Cc1cccc2ccccc12)c1ccccn1. The molecule has 35 heavy (non-hydrogen) atoms. The number of rotatable bonds is 6. The molecule has 3 aromatic carbocycles. The third kappa shape index (κ3) is 4.62. The van der Waals surface area contributed by atoms with E-state index in [0.717, 1.165) is 20.8 Å². The van der Waals surface area contributed by atoms with Gasteiger partial charge in [-0.3, -0.25) is 9.69 Å². The molecule has 6 nitrogen and oxygen atoms in total. The van der Waals surface area contributed by atoms with Crippen LogP contribution in [0.15, 0.2) is 122 Å². The van der Waals surface area contributed by atoms with Crippen molar-refractivity contribution in [2.45, 2.75) is 16.5 Å². The molecule has 0 spiro atoms. The fourth-order valence-corrected chi connectivity index (χ4v) is 5.25. The largest absolute Gasteiger partial charge is 0.439 e. The lowest BCUT2D eigenvalue weighted by Gasteiger charge is -2.21. The summed E-state index contributed by atoms with van der Waals surface area (Å²) in [5, 5.41) is 1.77. The van der Waals surface area contributed by atoms with Gasteiger partial charge in [0.1, 0.15) is 5.82 Å². The molecule has 174 valence electrons. The van der Waals surface area contributed by atoms with Crippen molar-refractivity contribution in [2.75, 3.05) is 4.90 Å². The first kappa shape index (κ1) is 23.0. The van der Waals surface area contributed by atoms with Gasteiger partial charge in [-0.1, -0.05) is 64.5 Å². The second-order valence-electron chi connectivity index (χ2n) is 7.79. The summed E-state index contributed by atoms with van der Waals surface area (Å²) in [6.45, 7) is 0.229. The van der Waals surface area contributed by atoms with Crippen molar-refractivity contribution in [2.24, 2.45) is 0 Å². The molecule has 2 aromatic heterocycles. The molecule has 0 aliphatic carbocycles. The zero-order valence-electron chi connectivity index (χ0n) is 18.3. The van der Waals surface area contributed by atoms with E-state index in [2.05, 4.69) is 20.9 Å². The van der Waals surface area contributed by atoms with Crippen molar-refractivity contribution in [1.82, 2.24) is 4.98 Å². The van der Waals surface area contributed by atoms with Gasteiger partial charge in [0.15, 0.2) is 5.76 Å². The Balaban J connectivity index is 1.52. The minimum absolute atomic E-state index is 0.0754. The maximum Gasteiger partial charge on any atom is 0.295 e. The van der Waals surface area contributed by atoms with Crippen molar-refractivity contribution < 1.29 is 17.6 Å². The monoisotopic (exact) mass is 546 g/mol. The molecule has 0 saturated carbocycles. The minimum Gasteiger partial charge on any atom is -0.439 e. The molecule has 0 unspecified atom stereocenters. The Morgan fingerprint density at radius 3 is 2.37 bits per heavy atom. The third-order valence-corrected chi connectivity index (χ3v) is 7.73. The predicted molar refractivity (Wildman–Crippen MR) is 137 cm³/mol. The second kappa shape index (κ2) is 9.48. The molecule has 0 radical (unpaired) electrons. The topological polar surface area (TPSA) is 80.5 Å². The molecule has 5 aromatic rings. The van der Waals surface area contributed by atoms with Crippen LogP contribution in [0.4, 0.5) is 5.82 Å². The Bertz CT molecular complexity index is 1610. The van der Waals surface area contributed by atoms with E-state index in [-0.39, 0.29) is 22.3 Å². The van der Waals surface area contributed by atoms with E-state index in [1.54, 1.807) is 36.5 Å². The van der Waals surface area contributed by atoms with Crippen LogP contribution in [0.25, 0.3) is 10.8 Å². The van der Waals surface area contributed by atoms with Gasteiger partial charge in [-0.05, 0) is 64.9 Å². The molecule has 0 aliphatic heterocycles. The number of fused-ring (bicyclic) bond motifs is 1. The Hall–Kier alpha value is -3.75. The van der Waals surface area contributed by atoms with E-state index in [4.69, 9.17) is 4.42 Å². The maximum atomic E-state index is 13.6. The number of nitrogens with zero attached hydrogens (tertiary/aromatic N) is 2. The maximum absolute atomic E-state index is 13.6. The zero-order chi connectivity index (χ0) is 24.4. The van der Waals surface area contributed by atoms with Crippen LogP contribution in [-0.2, 0) is 16.4 Å². The Labute approximate surface area is 210 Å². The molecule has 0 saturated heterocycles. The molecule has 0 bridgehead atoms. The number of pyridine rings is 1. The van der Waals surface area contributed by atoms with Crippen molar-refractivity contribution in [3.05, 3.63) is 119 Å². The third-order valence-electron chi connectivity index (χ3n) is 5.56. The van der Waals surface area contributed by atoms with Gasteiger partial charge in [-0.15, -0.1) is 0 Å². The van der Waals surface area contributed by atoms with Gasteiger partial charge < -0.3 is 4.42 Å². The summed E-state index contributed by atoms with van der Waals surface area (Å²) < 4.78 is 32.4. The van der Waals surface area contributed by atoms with Gasteiger partial charge in [0.25, 0.3) is 5.91 Å². The van der Waals surface area contributed by atoms with Crippen LogP contribution in [0.2, 0.25) is 0 Å². The quantitative estimate of drug-likeness (QED) is 0.250. The number of carbonyl (C=O) groups excluding carboxylic acids is 1. The van der Waals surface area contributed by atoms with Crippen LogP contribution >= 0.6 is 15.9 Å². The Morgan fingerprint density at radius 2 is 1.60 bits per heavy atom. The van der Waals surface area contributed by atoms with E-state index < -0.39 is 15.7 Å². The van der Waals surface area contributed by atoms with Crippen LogP contribution in [0.1, 0.15) is 16.1 Å². The van der Waals surface area contributed by atoms with Crippen LogP contribution in [-0.4, -0.2) is 19.3 Å². The van der Waals surface area contributed by atoms with Crippen molar-refractivity contribution >= 4 is 48.3 Å². The minimum atomic E-state index is -3.92. The number of furan rings is 1. The normalized spacial score (nSPS) is 11.5. The molecular weight excluding hydrogens is 528 g/mol. The number of amides is 1. The summed E-state index contributed by atoms with van der Waals surface area (Å²) in [6.07, 6.45) is 1.60. The predicted octanol–water partition coefficient (Wildman–Crippen LogP) is 6.27. The highest BCUT2D eigenvalue weighted by molar-refractivity contribution is 9.10. The molecule has 1 amide bonds. The average Bonchev–Trinajstić information content (AvgIpc) is 3.39. The standard InChI is InChI=1S/C27H19BrN2O4S/c28-21-11-13-22(14-12-21)35(32,33)26-16-15-24(34-26)27(31)30(25-10-3-4-17-29-25)18-20-8-5-7-19-6-1-2-9-23(19)20/h1-17H,18H2. The lowest BCUT2D eigenvalue weighted by molar-refractivity contribution is 0.0952. The van der Waals surface area contributed by atoms with E-state index in [1.807, 2.05) is 42.5 Å². The Morgan fingerprint density at radius 1 is 0.857 bits per heavy atom. The highest BCUT2D eigenvalue weighted by Gasteiger charge is 2.27. The molecule has 0 fully saturated rings. The summed E-state index contributed by atoms with van der Waals surface area (Å²) >= 11 is 3.30. The van der Waals surface area contributed by atoms with Crippen molar-refractivity contribution in [3.63, 3.8) is 0 Å². The van der Waals surface area contributed by atoms with Gasteiger partial charge in [0, 0.05) is 10.7 Å². The van der Waals surface area contributed by atoms with E-state index >= 15 is 0 Å². The molecule has 5 rings (SSSR count). The first-order chi connectivity index (χ1) is 16.9. The molecule has 2 heterocycles. The second-order valence-corrected chi connectivity index (χ2v) is 10.6. The molecule has 0 aliphatic rings. The van der Waals surface area contributed by atoms with Gasteiger partial charge in [0.05, 0.1) is 11.4 Å². The van der Waals surface area contributed by atoms with E-state index in [1.165, 1.54) is 29.2 Å². The number of benzene rings is 3. The lowest BCUT2D eigenvalue weighted by Crippen LogP contribution is -2.31. The summed E-state index contributed by atoms with van der Waals surface area (Å²) in [6, 6.07) is 28.0. The first-order valence-electron chi connectivity index (χ1n) is 10.7. The number of carbonyl (C=O) groups is 1. The zero-order valence-corrected chi connectivity index (χ0v) is 20.7. The van der Waals surface area contributed by atoms with Gasteiger partial charge >= 0.3 is 0 Å². The van der Waals surface area contributed by atoms with Gasteiger partial charge in [0.2, 0.25) is 14.9 Å². The number of hydrogen-bond acceptors (Lipinski definition) is 5. The fourth-order valence-electron chi connectivity index (χ4n) is 3.81. The molecular formula is C27H19BrN2O4S. The molecule has 8 heteroatoms. The van der Waals surface area contributed by atoms with Gasteiger partial charge in [-0.25, -0.2) is 13.4 Å². The Kier molecular flexibility index (Phi) is 6.23. The summed E-state index contributed by atoms with van der Waals surface area (Å²) in [7, 11) is -3.92. The summed E-state index contributed by atoms with van der Waals surface area (Å²) in [5.74, 6) is -0.153. The highest BCUT2D eigenvalue weighted by atomic mass is 79.9. The fraction of sp³-hybridized carbons (Fsp3) is 0.0370. The number of halogens is 1. The summed E-state index contributed by atoms with van der Waals surface area (Å²) in [5.41, 5.74) is 0.927. The van der Waals surface area contributed by atoms with Gasteiger partial charge in [-0.2, -0.15) is 0 Å². The highest BCUT2D eigenvalue weighted by Crippen LogP contribution is 2.27.